The van der Waals surface area contributed by atoms with Gasteiger partial charge in [-0.05, 0) is 12.5 Å². The van der Waals surface area contributed by atoms with Gasteiger partial charge in [0.15, 0.2) is 11.6 Å². The molecular formula is C16H16N2O5S. The van der Waals surface area contributed by atoms with Crippen molar-refractivity contribution in [3.05, 3.63) is 35.9 Å². The Balaban J connectivity index is 1.48. The lowest BCUT2D eigenvalue weighted by Crippen LogP contribution is -2.72. The number of thioether (sulfide) groups is 1. The number of carbonyl (C=O) groups is 3. The Morgan fingerprint density at radius 1 is 1.38 bits per heavy atom. The van der Waals surface area contributed by atoms with Crippen LogP contribution in [-0.2, 0) is 14.4 Å². The minimum Gasteiger partial charge on any atom is -0.479 e. The Hall–Kier alpha value is -2.06. The Labute approximate surface area is 142 Å². The average molecular weight is 348 g/mol. The predicted octanol–water partition coefficient (Wildman–Crippen LogP) is 0.106. The minimum atomic E-state index is -1.36. The number of hydrogen-bond donors (Lipinski definition) is 3. The summed E-state index contributed by atoms with van der Waals surface area (Å²) in [5.41, 5.74) is -0.701. The van der Waals surface area contributed by atoms with E-state index in [1.165, 1.54) is 16.7 Å². The maximum absolute atomic E-state index is 12.4. The molecule has 24 heavy (non-hydrogen) atoms. The number of aliphatic carboxylic acids is 1. The van der Waals surface area contributed by atoms with E-state index in [4.69, 9.17) is 0 Å². The van der Waals surface area contributed by atoms with Crippen LogP contribution >= 0.6 is 11.8 Å². The van der Waals surface area contributed by atoms with Crippen LogP contribution in [0.2, 0.25) is 0 Å². The molecule has 0 aromatic heterocycles. The number of nitrogens with zero attached hydrogens (tertiary/aromatic N) is 1. The number of amides is 2. The lowest BCUT2D eigenvalue weighted by atomic mass is 10.00. The predicted molar refractivity (Wildman–Crippen MR) is 84.9 cm³/mol. The van der Waals surface area contributed by atoms with Crippen molar-refractivity contribution in [2.45, 2.75) is 41.2 Å². The molecule has 8 heteroatoms. The van der Waals surface area contributed by atoms with Crippen LogP contribution in [0.15, 0.2) is 30.3 Å². The maximum atomic E-state index is 12.4. The van der Waals surface area contributed by atoms with E-state index >= 15 is 0 Å². The smallest absolute Gasteiger partial charge is 0.331 e. The lowest BCUT2D eigenvalue weighted by Gasteiger charge is -2.46. The van der Waals surface area contributed by atoms with Gasteiger partial charge in [-0.15, -0.1) is 11.8 Å². The Bertz CT molecular complexity index is 756. The summed E-state index contributed by atoms with van der Waals surface area (Å²) in [6.45, 7) is 1.83. The number of carboxylic acid groups (broad SMARTS) is 1. The minimum absolute atomic E-state index is 0.390. The van der Waals surface area contributed by atoms with E-state index in [-0.39, 0.29) is 5.37 Å². The summed E-state index contributed by atoms with van der Waals surface area (Å²) in [6.07, 6.45) is -0.937. The van der Waals surface area contributed by atoms with Crippen molar-refractivity contribution in [3.63, 3.8) is 0 Å². The molecule has 1 aliphatic carbocycles. The van der Waals surface area contributed by atoms with E-state index in [2.05, 4.69) is 5.32 Å². The second kappa shape index (κ2) is 4.73. The second-order valence-corrected chi connectivity index (χ2v) is 8.21. The molecule has 3 aliphatic rings. The van der Waals surface area contributed by atoms with Crippen LogP contribution in [0.4, 0.5) is 0 Å². The van der Waals surface area contributed by atoms with Gasteiger partial charge in [0, 0.05) is 6.42 Å². The third kappa shape index (κ3) is 1.75. The normalized spacial score (nSPS) is 37.1. The molecule has 4 unspecified atom stereocenters. The molecule has 2 aliphatic heterocycles. The highest BCUT2D eigenvalue weighted by molar-refractivity contribution is 8.02. The van der Waals surface area contributed by atoms with Gasteiger partial charge in [-0.2, -0.15) is 0 Å². The molecule has 126 valence electrons. The maximum Gasteiger partial charge on any atom is 0.331 e. The second-order valence-electron chi connectivity index (χ2n) is 6.59. The fraction of sp³-hybridized carbons (Fsp3) is 0.438. The van der Waals surface area contributed by atoms with Crippen molar-refractivity contribution in [3.8, 4) is 0 Å². The van der Waals surface area contributed by atoms with Crippen LogP contribution in [0.1, 0.15) is 25.0 Å². The summed E-state index contributed by atoms with van der Waals surface area (Å²) >= 11 is 1.41. The van der Waals surface area contributed by atoms with Crippen LogP contribution in [0.5, 0.6) is 0 Å². The monoisotopic (exact) mass is 348 g/mol. The Morgan fingerprint density at radius 2 is 2.04 bits per heavy atom. The zero-order valence-electron chi connectivity index (χ0n) is 12.8. The van der Waals surface area contributed by atoms with Gasteiger partial charge in [0.2, 0.25) is 5.91 Å². The van der Waals surface area contributed by atoms with Gasteiger partial charge in [0.1, 0.15) is 11.4 Å². The van der Waals surface area contributed by atoms with Crippen LogP contribution in [0.25, 0.3) is 0 Å². The fourth-order valence-corrected chi connectivity index (χ4v) is 5.65. The van der Waals surface area contributed by atoms with Crippen LogP contribution in [0.3, 0.4) is 0 Å². The van der Waals surface area contributed by atoms with Gasteiger partial charge in [0.25, 0.3) is 5.91 Å². The number of carboxylic acids is 1. The molecule has 2 heterocycles. The fourth-order valence-electron chi connectivity index (χ4n) is 3.74. The third-order valence-electron chi connectivity index (χ3n) is 5.19. The number of hydrogen-bond acceptors (Lipinski definition) is 5. The highest BCUT2D eigenvalue weighted by Gasteiger charge is 2.85. The highest BCUT2D eigenvalue weighted by atomic mass is 32.2. The number of nitrogens with one attached hydrogen (secondary N) is 1. The standard InChI is InChI=1S/C16H16N2O5S/c1-15-7-16(15,14(22)23)18-12(21)9(13(18)24-15)17-11(20)10(19)8-5-3-2-4-6-8/h2-6,9-10,13,19H,7H2,1H3,(H,17,20)(H,22,23)/t9?,10?,13-,15?,16?/m0/s1. The number of aliphatic hydroxyl groups is 1. The van der Waals surface area contributed by atoms with Gasteiger partial charge in [0.05, 0.1) is 4.75 Å². The van der Waals surface area contributed by atoms with Crippen molar-refractivity contribution in [2.75, 3.05) is 0 Å². The van der Waals surface area contributed by atoms with E-state index < -0.39 is 40.2 Å². The first-order valence-corrected chi connectivity index (χ1v) is 8.47. The topological polar surface area (TPSA) is 107 Å². The van der Waals surface area contributed by atoms with Crippen LogP contribution in [-0.4, -0.2) is 54.6 Å². The van der Waals surface area contributed by atoms with Crippen molar-refractivity contribution in [1.82, 2.24) is 10.2 Å². The summed E-state index contributed by atoms with van der Waals surface area (Å²) in [4.78, 5) is 37.6. The molecule has 0 bridgehead atoms. The molecule has 2 amide bonds. The summed E-state index contributed by atoms with van der Waals surface area (Å²) in [6, 6.07) is 7.65. The van der Waals surface area contributed by atoms with E-state index in [1.807, 2.05) is 6.92 Å². The van der Waals surface area contributed by atoms with Crippen molar-refractivity contribution in [2.24, 2.45) is 0 Å². The molecule has 0 radical (unpaired) electrons. The summed E-state index contributed by atoms with van der Waals surface area (Å²) in [7, 11) is 0. The Morgan fingerprint density at radius 3 is 2.67 bits per heavy atom. The van der Waals surface area contributed by atoms with E-state index in [0.717, 1.165) is 0 Å². The van der Waals surface area contributed by atoms with Crippen LogP contribution < -0.4 is 5.32 Å². The third-order valence-corrected chi connectivity index (χ3v) is 6.92. The Kier molecular flexibility index (Phi) is 3.05. The first-order valence-electron chi connectivity index (χ1n) is 7.60. The molecule has 3 fully saturated rings. The number of rotatable bonds is 4. The number of aliphatic hydroxyl groups excluding tert-OH is 1. The molecule has 3 N–H and O–H groups in total. The van der Waals surface area contributed by atoms with Crippen molar-refractivity contribution >= 4 is 29.5 Å². The van der Waals surface area contributed by atoms with Crippen LogP contribution in [0, 0.1) is 0 Å². The zero-order valence-corrected chi connectivity index (χ0v) is 13.6. The number of carbonyl (C=O) groups excluding carboxylic acids is 2. The quantitative estimate of drug-likeness (QED) is 0.667. The molecule has 4 rings (SSSR count). The van der Waals surface area contributed by atoms with Gasteiger partial charge in [-0.3, -0.25) is 9.59 Å². The first-order chi connectivity index (χ1) is 11.3. The molecule has 5 atom stereocenters. The van der Waals surface area contributed by atoms with Gasteiger partial charge >= 0.3 is 5.97 Å². The summed E-state index contributed by atoms with van der Waals surface area (Å²) in [5, 5.41) is 21.8. The molecule has 2 saturated heterocycles. The van der Waals surface area contributed by atoms with E-state index in [1.54, 1.807) is 30.3 Å². The largest absolute Gasteiger partial charge is 0.479 e. The van der Waals surface area contributed by atoms with Crippen molar-refractivity contribution in [1.29, 1.82) is 0 Å². The molecule has 1 aromatic rings. The van der Waals surface area contributed by atoms with Gasteiger partial charge in [-0.25, -0.2) is 4.79 Å². The first kappa shape index (κ1) is 15.5. The molecule has 7 nitrogen and oxygen atoms in total. The van der Waals surface area contributed by atoms with E-state index in [9.17, 15) is 24.6 Å². The number of β-lactam (4-membered cyclic amide) rings is 1. The molecule has 1 saturated carbocycles. The number of benzene rings is 1. The van der Waals surface area contributed by atoms with Gasteiger partial charge in [-0.1, -0.05) is 30.3 Å². The summed E-state index contributed by atoms with van der Waals surface area (Å²) < 4.78 is -0.503. The molecule has 1 aromatic carbocycles. The average Bonchev–Trinajstić information content (AvgIpc) is 3.11. The zero-order chi connectivity index (χ0) is 17.3. The number of fused-ring (bicyclic) bond motifs is 3. The summed E-state index contributed by atoms with van der Waals surface area (Å²) in [5.74, 6) is -2.05. The highest BCUT2D eigenvalue weighted by Crippen LogP contribution is 2.71. The SMILES string of the molecule is CC12CC1(C(=O)O)N1C(=O)C(NC(=O)C(O)c3ccccc3)[C@@H]1S2. The molecular weight excluding hydrogens is 332 g/mol. The van der Waals surface area contributed by atoms with E-state index in [0.29, 0.717) is 12.0 Å². The lowest BCUT2D eigenvalue weighted by molar-refractivity contribution is -0.163. The van der Waals surface area contributed by atoms with Gasteiger partial charge < -0.3 is 20.4 Å². The van der Waals surface area contributed by atoms with Crippen molar-refractivity contribution < 1.29 is 24.6 Å². The molecule has 0 spiro atoms.